The number of hydrogen-bond donors (Lipinski definition) is 1. The Morgan fingerprint density at radius 3 is 2.75 bits per heavy atom. The summed E-state index contributed by atoms with van der Waals surface area (Å²) in [5.41, 5.74) is 0.799. The van der Waals surface area contributed by atoms with Gasteiger partial charge >= 0.3 is 6.92 Å². The molecular formula is C10H21BN2O2Si. The maximum absolute atomic E-state index is 9.47. The lowest BCUT2D eigenvalue weighted by atomic mass is 9.68. The highest BCUT2D eigenvalue weighted by Crippen LogP contribution is 2.07. The van der Waals surface area contributed by atoms with Crippen molar-refractivity contribution in [2.24, 2.45) is 0 Å². The van der Waals surface area contributed by atoms with Gasteiger partial charge in [0, 0.05) is 26.5 Å². The van der Waals surface area contributed by atoms with Crippen molar-refractivity contribution in [2.75, 3.05) is 6.61 Å². The van der Waals surface area contributed by atoms with E-state index in [1.165, 1.54) is 0 Å². The van der Waals surface area contributed by atoms with E-state index in [1.54, 1.807) is 17.7 Å². The monoisotopic (exact) mass is 240 g/mol. The molecule has 0 amide bonds. The molecule has 1 rings (SSSR count). The summed E-state index contributed by atoms with van der Waals surface area (Å²) in [4.78, 5) is 0. The molecule has 0 saturated heterocycles. The van der Waals surface area contributed by atoms with Crippen molar-refractivity contribution in [3.63, 3.8) is 0 Å². The van der Waals surface area contributed by atoms with E-state index in [1.807, 2.05) is 6.07 Å². The van der Waals surface area contributed by atoms with Gasteiger partial charge in [0.1, 0.15) is 6.73 Å². The maximum atomic E-state index is 9.47. The summed E-state index contributed by atoms with van der Waals surface area (Å²) < 4.78 is 7.27. The van der Waals surface area contributed by atoms with Gasteiger partial charge in [0.25, 0.3) is 0 Å². The molecule has 0 aliphatic rings. The highest BCUT2D eigenvalue weighted by Gasteiger charge is 2.14. The first kappa shape index (κ1) is 13.5. The van der Waals surface area contributed by atoms with Crippen LogP contribution in [-0.4, -0.2) is 36.4 Å². The lowest BCUT2D eigenvalue weighted by Crippen LogP contribution is -2.34. The van der Waals surface area contributed by atoms with E-state index in [2.05, 4.69) is 24.7 Å². The minimum atomic E-state index is -1.02. The smallest absolute Gasteiger partial charge is 0.340 e. The highest BCUT2D eigenvalue weighted by molar-refractivity contribution is 6.76. The molecule has 0 radical (unpaired) electrons. The summed E-state index contributed by atoms with van der Waals surface area (Å²) in [6.45, 7) is 9.41. The van der Waals surface area contributed by atoms with E-state index < -0.39 is 15.0 Å². The highest BCUT2D eigenvalue weighted by atomic mass is 28.3. The Morgan fingerprint density at radius 1 is 1.50 bits per heavy atom. The molecule has 4 nitrogen and oxygen atoms in total. The first-order chi connectivity index (χ1) is 7.40. The van der Waals surface area contributed by atoms with Gasteiger partial charge in [0.15, 0.2) is 0 Å². The van der Waals surface area contributed by atoms with Crippen LogP contribution in [0.4, 0.5) is 0 Å². The van der Waals surface area contributed by atoms with Crippen LogP contribution in [0.5, 0.6) is 0 Å². The van der Waals surface area contributed by atoms with E-state index in [4.69, 9.17) is 4.74 Å². The SMILES string of the molecule is CB(O)c1ccnn1COCC[Si](C)(C)C. The second-order valence-electron chi connectivity index (χ2n) is 5.28. The maximum Gasteiger partial charge on any atom is 0.340 e. The molecule has 90 valence electrons. The molecule has 0 unspecified atom stereocenters. The summed E-state index contributed by atoms with van der Waals surface area (Å²) in [7, 11) is -1.02. The largest absolute Gasteiger partial charge is 0.446 e. The minimum Gasteiger partial charge on any atom is -0.446 e. The first-order valence-electron chi connectivity index (χ1n) is 5.68. The molecule has 0 aromatic carbocycles. The average molecular weight is 240 g/mol. The lowest BCUT2D eigenvalue weighted by molar-refractivity contribution is 0.0805. The molecule has 16 heavy (non-hydrogen) atoms. The molecule has 6 heteroatoms. The molecule has 1 aromatic rings. The Hall–Kier alpha value is -0.588. The van der Waals surface area contributed by atoms with Crippen molar-refractivity contribution in [2.45, 2.75) is 39.2 Å². The number of ether oxygens (including phenoxy) is 1. The second-order valence-corrected chi connectivity index (χ2v) is 10.9. The molecule has 0 spiro atoms. The Balaban J connectivity index is 2.35. The fourth-order valence-electron chi connectivity index (χ4n) is 1.34. The van der Waals surface area contributed by atoms with Crippen LogP contribution in [0, 0.1) is 0 Å². The Morgan fingerprint density at radius 2 is 2.19 bits per heavy atom. The van der Waals surface area contributed by atoms with Crippen molar-refractivity contribution >= 4 is 20.6 Å². The van der Waals surface area contributed by atoms with E-state index in [-0.39, 0.29) is 0 Å². The predicted octanol–water partition coefficient (Wildman–Crippen LogP) is 1.02. The van der Waals surface area contributed by atoms with Gasteiger partial charge in [-0.1, -0.05) is 26.5 Å². The summed E-state index contributed by atoms with van der Waals surface area (Å²) in [5.74, 6) is 0. The van der Waals surface area contributed by atoms with Crippen molar-refractivity contribution < 1.29 is 9.76 Å². The molecule has 0 atom stereocenters. The summed E-state index contributed by atoms with van der Waals surface area (Å²) in [6.07, 6.45) is 1.68. The number of hydrogen-bond acceptors (Lipinski definition) is 3. The predicted molar refractivity (Wildman–Crippen MR) is 69.8 cm³/mol. The number of rotatable bonds is 6. The van der Waals surface area contributed by atoms with Crippen molar-refractivity contribution in [1.29, 1.82) is 0 Å². The van der Waals surface area contributed by atoms with Gasteiger partial charge in [-0.25, -0.2) is 4.68 Å². The Kier molecular flexibility index (Phi) is 4.76. The molecule has 1 N–H and O–H groups in total. The topological polar surface area (TPSA) is 47.3 Å². The summed E-state index contributed by atoms with van der Waals surface area (Å²) in [6, 6.07) is 2.96. The van der Waals surface area contributed by atoms with Crippen molar-refractivity contribution in [3.8, 4) is 0 Å². The van der Waals surface area contributed by atoms with Crippen LogP contribution in [0.2, 0.25) is 32.5 Å². The number of nitrogens with zero attached hydrogens (tertiary/aromatic N) is 2. The molecule has 0 saturated carbocycles. The lowest BCUT2D eigenvalue weighted by Gasteiger charge is -2.16. The molecule has 0 bridgehead atoms. The zero-order chi connectivity index (χ0) is 12.2. The van der Waals surface area contributed by atoms with Crippen LogP contribution in [0.15, 0.2) is 12.3 Å². The van der Waals surface area contributed by atoms with Crippen molar-refractivity contribution in [3.05, 3.63) is 12.3 Å². The van der Waals surface area contributed by atoms with E-state index in [0.717, 1.165) is 18.2 Å². The fraction of sp³-hybridized carbons (Fsp3) is 0.700. The van der Waals surface area contributed by atoms with Crippen LogP contribution < -0.4 is 5.59 Å². The molecular weight excluding hydrogens is 219 g/mol. The molecule has 0 aliphatic heterocycles. The zero-order valence-electron chi connectivity index (χ0n) is 10.6. The average Bonchev–Trinajstić information content (AvgIpc) is 2.58. The van der Waals surface area contributed by atoms with Crippen LogP contribution in [0.25, 0.3) is 0 Å². The molecule has 0 aliphatic carbocycles. The van der Waals surface area contributed by atoms with Crippen LogP contribution >= 0.6 is 0 Å². The van der Waals surface area contributed by atoms with Gasteiger partial charge in [-0.15, -0.1) is 0 Å². The van der Waals surface area contributed by atoms with Crippen LogP contribution in [0.1, 0.15) is 0 Å². The van der Waals surface area contributed by atoms with Gasteiger partial charge in [-0.2, -0.15) is 5.10 Å². The second kappa shape index (κ2) is 5.65. The number of aromatic nitrogens is 2. The summed E-state index contributed by atoms with van der Waals surface area (Å²) in [5, 5.41) is 13.6. The van der Waals surface area contributed by atoms with Gasteiger partial charge in [-0.05, 0) is 12.1 Å². The fourth-order valence-corrected chi connectivity index (χ4v) is 2.09. The van der Waals surface area contributed by atoms with E-state index >= 15 is 0 Å². The van der Waals surface area contributed by atoms with Crippen LogP contribution in [-0.2, 0) is 11.5 Å². The van der Waals surface area contributed by atoms with E-state index in [9.17, 15) is 5.02 Å². The third-order valence-electron chi connectivity index (χ3n) is 2.39. The quantitative estimate of drug-likeness (QED) is 0.596. The first-order valence-corrected chi connectivity index (χ1v) is 9.38. The van der Waals surface area contributed by atoms with Gasteiger partial charge < -0.3 is 9.76 Å². The van der Waals surface area contributed by atoms with E-state index in [0.29, 0.717) is 6.73 Å². The van der Waals surface area contributed by atoms with Crippen LogP contribution in [0.3, 0.4) is 0 Å². The third-order valence-corrected chi connectivity index (χ3v) is 4.09. The van der Waals surface area contributed by atoms with Gasteiger partial charge in [-0.3, -0.25) is 0 Å². The third kappa shape index (κ3) is 4.51. The Labute approximate surface area is 98.7 Å². The van der Waals surface area contributed by atoms with Gasteiger partial charge in [0.2, 0.25) is 0 Å². The molecule has 1 aromatic heterocycles. The summed E-state index contributed by atoms with van der Waals surface area (Å²) >= 11 is 0. The molecule has 1 heterocycles. The zero-order valence-corrected chi connectivity index (χ0v) is 11.6. The Bertz CT molecular complexity index is 323. The molecule has 0 fully saturated rings. The normalized spacial score (nSPS) is 11.8. The minimum absolute atomic E-state index is 0.428. The van der Waals surface area contributed by atoms with Gasteiger partial charge in [0.05, 0.1) is 0 Å². The van der Waals surface area contributed by atoms with Crippen molar-refractivity contribution in [1.82, 2.24) is 9.78 Å². The standard InChI is InChI=1S/C10H21BN2O2Si/c1-11(14)10-5-6-12-13(10)9-15-7-8-16(2,3)4/h5-6,14H,7-9H2,1-4H3.